The van der Waals surface area contributed by atoms with Gasteiger partial charge in [-0.2, -0.15) is 0 Å². The van der Waals surface area contributed by atoms with Crippen LogP contribution in [-0.4, -0.2) is 20.4 Å². The Morgan fingerprint density at radius 1 is 0.205 bits per heavy atom. The molecular weight excluding hydrogens is 1350 g/mol. The Balaban J connectivity index is 0.979. The first kappa shape index (κ1) is 72.5. The molecule has 6 heteroatoms. The van der Waals surface area contributed by atoms with Gasteiger partial charge in [-0.15, -0.1) is 0 Å². The summed E-state index contributed by atoms with van der Waals surface area (Å²) in [4.78, 5) is 5.43. The second kappa shape index (κ2) is 25.2. The highest BCUT2D eigenvalue weighted by atomic mass is 15.2. The molecule has 112 heavy (non-hydrogen) atoms. The molecule has 0 N–H and O–H groups in total. The summed E-state index contributed by atoms with van der Waals surface area (Å²) in [5, 5.41) is 7.47. The Morgan fingerprint density at radius 2 is 0.536 bits per heavy atom. The van der Waals surface area contributed by atoms with E-state index in [1.165, 1.54) is 143 Å². The highest BCUT2D eigenvalue weighted by Crippen LogP contribution is 2.53. The van der Waals surface area contributed by atoms with E-state index in [9.17, 15) is 0 Å². The summed E-state index contributed by atoms with van der Waals surface area (Å²) in [6, 6.07) is 102. The maximum Gasteiger partial charge on any atom is 0.252 e. The molecule has 5 nitrogen and oxygen atoms in total. The molecule has 0 fully saturated rings. The fourth-order valence-corrected chi connectivity index (χ4v) is 18.2. The highest BCUT2D eigenvalue weighted by molar-refractivity contribution is 7.00. The first-order chi connectivity index (χ1) is 53.0. The molecule has 0 spiro atoms. The predicted molar refractivity (Wildman–Crippen MR) is 485 cm³/mol. The normalized spacial score (nSPS) is 13.7. The van der Waals surface area contributed by atoms with Gasteiger partial charge in [-0.05, 0) is 226 Å². The van der Waals surface area contributed by atoms with Crippen LogP contribution in [-0.2, 0) is 37.9 Å². The fraction of sp³-hybridized carbons (Fsp3) is 0.264. The predicted octanol–water partition coefficient (Wildman–Crippen LogP) is 27.5. The summed E-state index contributed by atoms with van der Waals surface area (Å²) < 4.78 is 7.60. The Morgan fingerprint density at radius 3 is 0.938 bits per heavy atom. The summed E-state index contributed by atoms with van der Waals surface area (Å²) in [5.74, 6) is 0. The Kier molecular flexibility index (Phi) is 16.3. The third-order valence-corrected chi connectivity index (χ3v) is 24.7. The van der Waals surface area contributed by atoms with Crippen molar-refractivity contribution in [1.29, 1.82) is 0 Å². The molecule has 0 amide bonds. The van der Waals surface area contributed by atoms with Crippen LogP contribution in [0.25, 0.3) is 105 Å². The summed E-state index contributed by atoms with van der Waals surface area (Å²) in [6.45, 7) is 49.1. The molecule has 558 valence electrons. The monoisotopic (exact) mass is 1460 g/mol. The van der Waals surface area contributed by atoms with Crippen LogP contribution in [0.2, 0.25) is 0 Å². The summed E-state index contributed by atoms with van der Waals surface area (Å²) in [6.07, 6.45) is 0. The minimum absolute atomic E-state index is 0.0271. The maximum absolute atomic E-state index is 2.71. The van der Waals surface area contributed by atoms with Crippen molar-refractivity contribution in [3.05, 3.63) is 300 Å². The number of hydrogen-bond donors (Lipinski definition) is 0. The third-order valence-electron chi connectivity index (χ3n) is 24.7. The second-order valence-corrected chi connectivity index (χ2v) is 39.6. The van der Waals surface area contributed by atoms with Gasteiger partial charge in [0.05, 0.1) is 44.5 Å². The second-order valence-electron chi connectivity index (χ2n) is 39.6. The van der Waals surface area contributed by atoms with Crippen LogP contribution >= 0.6 is 0 Å². The molecule has 3 aromatic heterocycles. The molecular formula is C106H106BN5. The van der Waals surface area contributed by atoms with Crippen molar-refractivity contribution in [2.75, 3.05) is 9.80 Å². The summed E-state index contributed by atoms with van der Waals surface area (Å²) in [5.41, 5.74) is 34.3. The molecule has 18 rings (SSSR count). The highest BCUT2D eigenvalue weighted by Gasteiger charge is 2.46. The lowest BCUT2D eigenvalue weighted by atomic mass is 9.33. The molecule has 2 aliphatic rings. The van der Waals surface area contributed by atoms with Gasteiger partial charge in [-0.3, -0.25) is 0 Å². The van der Waals surface area contributed by atoms with Crippen molar-refractivity contribution in [2.24, 2.45) is 0 Å². The molecule has 0 saturated heterocycles. The third kappa shape index (κ3) is 11.9. The summed E-state index contributed by atoms with van der Waals surface area (Å²) in [7, 11) is 0. The molecule has 0 aliphatic carbocycles. The van der Waals surface area contributed by atoms with Crippen LogP contribution < -0.4 is 26.2 Å². The van der Waals surface area contributed by atoms with E-state index in [2.05, 4.69) is 430 Å². The van der Waals surface area contributed by atoms with Crippen molar-refractivity contribution in [3.8, 4) is 39.3 Å². The van der Waals surface area contributed by atoms with Gasteiger partial charge in [0.1, 0.15) is 0 Å². The fourth-order valence-electron chi connectivity index (χ4n) is 18.2. The lowest BCUT2D eigenvalue weighted by molar-refractivity contribution is 0.589. The van der Waals surface area contributed by atoms with Crippen molar-refractivity contribution in [3.63, 3.8) is 0 Å². The minimum Gasteiger partial charge on any atom is -0.311 e. The molecule has 2 aliphatic heterocycles. The zero-order valence-corrected chi connectivity index (χ0v) is 69.6. The summed E-state index contributed by atoms with van der Waals surface area (Å²) >= 11 is 0. The zero-order chi connectivity index (χ0) is 78.6. The number of anilines is 6. The van der Waals surface area contributed by atoms with Crippen molar-refractivity contribution in [2.45, 2.75) is 183 Å². The van der Waals surface area contributed by atoms with Crippen LogP contribution in [0.3, 0.4) is 0 Å². The molecule has 5 heterocycles. The van der Waals surface area contributed by atoms with Crippen molar-refractivity contribution in [1.82, 2.24) is 13.7 Å². The van der Waals surface area contributed by atoms with Crippen LogP contribution in [0.15, 0.2) is 261 Å². The molecule has 0 atom stereocenters. The lowest BCUT2D eigenvalue weighted by Crippen LogP contribution is -2.61. The molecule has 16 aromatic rings. The van der Waals surface area contributed by atoms with Gasteiger partial charge in [0, 0.05) is 83.3 Å². The number of para-hydroxylation sites is 3. The first-order valence-corrected chi connectivity index (χ1v) is 40.7. The SMILES string of the molecule is CC(C)(C)c1ccc(-c2cc(C(C)(C)C)ccc2N2c3cc(-n4c5ccc(C(C)(C)C)cc5c5cc(C(C)(C)C)ccc54)ccc3B3c4ccc(-n5c6ccccc6c6cc7c8ccccc8n(-c8ccccc8)c7cc65)cc4N(c4ccc(C(C)(C)C)cc4-c4ccc(C(C)(C)C)cc4)c4cc(C(C)(C)C)cc2c43)cc1. The average molecular weight is 1460 g/mol. The number of hydrogen-bond acceptors (Lipinski definition) is 2. The smallest absolute Gasteiger partial charge is 0.252 e. The number of aromatic nitrogens is 3. The van der Waals surface area contributed by atoms with E-state index in [1.807, 2.05) is 0 Å². The number of rotatable bonds is 7. The van der Waals surface area contributed by atoms with E-state index in [0.717, 1.165) is 50.8 Å². The largest absolute Gasteiger partial charge is 0.311 e. The maximum atomic E-state index is 2.71. The van der Waals surface area contributed by atoms with Gasteiger partial charge in [0.25, 0.3) is 6.71 Å². The van der Waals surface area contributed by atoms with Gasteiger partial charge in [-0.25, -0.2) is 0 Å². The van der Waals surface area contributed by atoms with Gasteiger partial charge in [0.15, 0.2) is 0 Å². The van der Waals surface area contributed by atoms with E-state index in [0.29, 0.717) is 0 Å². The van der Waals surface area contributed by atoms with Crippen LogP contribution in [0, 0.1) is 0 Å². The van der Waals surface area contributed by atoms with Gasteiger partial charge < -0.3 is 23.5 Å². The number of benzene rings is 13. The number of fused-ring (bicyclic) bond motifs is 13. The molecule has 0 unspecified atom stereocenters. The van der Waals surface area contributed by atoms with Crippen molar-refractivity contribution < 1.29 is 0 Å². The molecule has 0 saturated carbocycles. The zero-order valence-electron chi connectivity index (χ0n) is 69.6. The van der Waals surface area contributed by atoms with Crippen LogP contribution in [0.5, 0.6) is 0 Å². The first-order valence-electron chi connectivity index (χ1n) is 40.7. The van der Waals surface area contributed by atoms with Crippen LogP contribution in [0.4, 0.5) is 34.1 Å². The minimum atomic E-state index is -0.302. The van der Waals surface area contributed by atoms with Crippen molar-refractivity contribution >= 4 is 123 Å². The topological polar surface area (TPSA) is 21.3 Å². The van der Waals surface area contributed by atoms with E-state index in [-0.39, 0.29) is 44.6 Å². The standard InChI is InChI=1S/C106H106BN5/c1-100(2,3)67-39-35-65(36-40-67)79-55-69(102(7,8)9)43-51-89(79)111-95-61-75(109-91-53-45-71(104(13,14)15)57-81(91)82-58-72(105(16,17)18)46-54-92(82)109)47-49-85(95)107-86-50-48-76(110-88-34-28-26-32-78(88)84-63-83-77-31-25-27-33-87(77)108(93(83)64-94(84)110)74-29-23-22-24-30-74)62-96(86)112(98-60-73(106(19,20)21)59-97(111)99(98)107)90-52-44-70(103(10,11)12)56-80(90)66-37-41-68(42-38-66)101(4,5)6/h22-64H,1-21H3. The molecule has 13 aromatic carbocycles. The number of nitrogens with zero attached hydrogens (tertiary/aromatic N) is 5. The lowest BCUT2D eigenvalue weighted by Gasteiger charge is -2.46. The average Bonchev–Trinajstić information content (AvgIpc) is 0.704. The molecule has 0 bridgehead atoms. The quantitative estimate of drug-likeness (QED) is 0.148. The van der Waals surface area contributed by atoms with Crippen LogP contribution in [0.1, 0.15) is 184 Å². The van der Waals surface area contributed by atoms with E-state index in [4.69, 9.17) is 0 Å². The van der Waals surface area contributed by atoms with E-state index >= 15 is 0 Å². The van der Waals surface area contributed by atoms with E-state index < -0.39 is 0 Å². The Hall–Kier alpha value is -11.1. The van der Waals surface area contributed by atoms with Gasteiger partial charge in [-0.1, -0.05) is 285 Å². The Labute approximate surface area is 664 Å². The Bertz CT molecular complexity index is 6450. The van der Waals surface area contributed by atoms with E-state index in [1.54, 1.807) is 0 Å². The van der Waals surface area contributed by atoms with Gasteiger partial charge in [0.2, 0.25) is 0 Å². The van der Waals surface area contributed by atoms with Gasteiger partial charge >= 0.3 is 0 Å². The molecule has 0 radical (unpaired) electrons.